The fraction of sp³-hybridized carbons (Fsp3) is 0.294. The normalized spacial score (nSPS) is 15.6. The van der Waals surface area contributed by atoms with Crippen molar-refractivity contribution in [3.05, 3.63) is 53.8 Å². The van der Waals surface area contributed by atoms with E-state index in [1.807, 2.05) is 0 Å². The maximum Gasteiger partial charge on any atom is 0.241 e. The highest BCUT2D eigenvalue weighted by molar-refractivity contribution is 7.89. The van der Waals surface area contributed by atoms with E-state index in [9.17, 15) is 12.8 Å². The van der Waals surface area contributed by atoms with Crippen molar-refractivity contribution >= 4 is 10.0 Å². The summed E-state index contributed by atoms with van der Waals surface area (Å²) in [5, 5.41) is 0. The predicted molar refractivity (Wildman–Crippen MR) is 87.2 cm³/mol. The van der Waals surface area contributed by atoms with Crippen molar-refractivity contribution in [2.45, 2.75) is 24.3 Å². The molecule has 0 unspecified atom stereocenters. The SMILES string of the molecule is C[C@@H](NS(=O)(=O)c1ccc2c(c1)OCCCO2)c1ccccc1F. The molecule has 3 rings (SSSR count). The van der Waals surface area contributed by atoms with Gasteiger partial charge in [0.25, 0.3) is 0 Å². The molecule has 0 fully saturated rings. The summed E-state index contributed by atoms with van der Waals surface area (Å²) in [5.41, 5.74) is 0.287. The fourth-order valence-electron chi connectivity index (χ4n) is 2.50. The smallest absolute Gasteiger partial charge is 0.241 e. The third-order valence-corrected chi connectivity index (χ3v) is 5.27. The molecule has 1 aliphatic heterocycles. The lowest BCUT2D eigenvalue weighted by Crippen LogP contribution is -2.27. The standard InChI is InChI=1S/C17H18FNO4S/c1-12(14-5-2-3-6-15(14)18)19-24(20,21)13-7-8-16-17(11-13)23-10-4-9-22-16/h2-3,5-8,11-12,19H,4,9-10H2,1H3/t12-/m1/s1. The average Bonchev–Trinajstić information content (AvgIpc) is 2.79. The molecule has 1 aliphatic rings. The minimum atomic E-state index is -3.82. The number of fused-ring (bicyclic) bond motifs is 1. The molecule has 0 saturated heterocycles. The number of halogens is 1. The van der Waals surface area contributed by atoms with Crippen LogP contribution >= 0.6 is 0 Å². The highest BCUT2D eigenvalue weighted by Gasteiger charge is 2.22. The molecular formula is C17H18FNO4S. The van der Waals surface area contributed by atoms with Gasteiger partial charge in [0.15, 0.2) is 11.5 Å². The van der Waals surface area contributed by atoms with Gasteiger partial charge < -0.3 is 9.47 Å². The zero-order valence-electron chi connectivity index (χ0n) is 13.2. The highest BCUT2D eigenvalue weighted by atomic mass is 32.2. The summed E-state index contributed by atoms with van der Waals surface area (Å²) in [7, 11) is -3.82. The molecule has 0 radical (unpaired) electrons. The third-order valence-electron chi connectivity index (χ3n) is 3.73. The van der Waals surface area contributed by atoms with Crippen molar-refractivity contribution in [2.75, 3.05) is 13.2 Å². The number of hydrogen-bond acceptors (Lipinski definition) is 4. The van der Waals surface area contributed by atoms with Gasteiger partial charge in [-0.15, -0.1) is 0 Å². The molecule has 128 valence electrons. The summed E-state index contributed by atoms with van der Waals surface area (Å²) in [4.78, 5) is 0.0509. The molecule has 0 spiro atoms. The van der Waals surface area contributed by atoms with Gasteiger partial charge in [-0.05, 0) is 25.1 Å². The number of sulfonamides is 1. The zero-order valence-corrected chi connectivity index (χ0v) is 14.0. The Kier molecular flexibility index (Phi) is 4.73. The molecule has 1 heterocycles. The van der Waals surface area contributed by atoms with E-state index < -0.39 is 21.9 Å². The van der Waals surface area contributed by atoms with Crippen molar-refractivity contribution in [1.29, 1.82) is 0 Å². The minimum Gasteiger partial charge on any atom is -0.490 e. The molecule has 0 aromatic heterocycles. The Balaban J connectivity index is 1.85. The van der Waals surface area contributed by atoms with Gasteiger partial charge in [0, 0.05) is 24.1 Å². The van der Waals surface area contributed by atoms with Crippen molar-refractivity contribution in [2.24, 2.45) is 0 Å². The summed E-state index contributed by atoms with van der Waals surface area (Å²) < 4.78 is 52.5. The van der Waals surface area contributed by atoms with Gasteiger partial charge >= 0.3 is 0 Å². The number of benzene rings is 2. The van der Waals surface area contributed by atoms with E-state index in [0.29, 0.717) is 24.7 Å². The lowest BCUT2D eigenvalue weighted by Gasteiger charge is -2.16. The van der Waals surface area contributed by atoms with Crippen molar-refractivity contribution in [1.82, 2.24) is 4.72 Å². The molecular weight excluding hydrogens is 333 g/mol. The van der Waals surface area contributed by atoms with Gasteiger partial charge in [-0.2, -0.15) is 0 Å². The quantitative estimate of drug-likeness (QED) is 0.920. The summed E-state index contributed by atoms with van der Waals surface area (Å²) >= 11 is 0. The van der Waals surface area contributed by atoms with Gasteiger partial charge in [0.1, 0.15) is 5.82 Å². The Bertz CT molecular complexity index is 838. The fourth-order valence-corrected chi connectivity index (χ4v) is 3.74. The molecule has 5 nitrogen and oxygen atoms in total. The summed E-state index contributed by atoms with van der Waals surface area (Å²) in [6.07, 6.45) is 0.735. The Morgan fingerprint density at radius 1 is 1.08 bits per heavy atom. The second kappa shape index (κ2) is 6.78. The molecule has 0 aliphatic carbocycles. The average molecular weight is 351 g/mol. The summed E-state index contributed by atoms with van der Waals surface area (Å²) in [5.74, 6) is 0.467. The largest absolute Gasteiger partial charge is 0.490 e. The van der Waals surface area contributed by atoms with Crippen LogP contribution in [0.5, 0.6) is 11.5 Å². The molecule has 2 aromatic rings. The first-order valence-corrected chi connectivity index (χ1v) is 9.12. The minimum absolute atomic E-state index is 0.0509. The number of nitrogens with one attached hydrogen (secondary N) is 1. The first-order valence-electron chi connectivity index (χ1n) is 7.64. The Hall–Kier alpha value is -2.12. The van der Waals surface area contributed by atoms with E-state index in [0.717, 1.165) is 6.42 Å². The number of hydrogen-bond donors (Lipinski definition) is 1. The van der Waals surface area contributed by atoms with E-state index in [1.165, 1.54) is 18.2 Å². The van der Waals surface area contributed by atoms with Gasteiger partial charge in [-0.25, -0.2) is 17.5 Å². The third kappa shape index (κ3) is 3.52. The van der Waals surface area contributed by atoms with Crippen LogP contribution in [0, 0.1) is 5.82 Å². The van der Waals surface area contributed by atoms with E-state index >= 15 is 0 Å². The molecule has 24 heavy (non-hydrogen) atoms. The number of rotatable bonds is 4. The monoisotopic (exact) mass is 351 g/mol. The Morgan fingerprint density at radius 2 is 1.79 bits per heavy atom. The Labute approximate surface area is 140 Å². The molecule has 1 atom stereocenters. The van der Waals surface area contributed by atoms with Crippen LogP contribution < -0.4 is 14.2 Å². The maximum absolute atomic E-state index is 13.8. The first kappa shape index (κ1) is 16.7. The summed E-state index contributed by atoms with van der Waals surface area (Å²) in [6, 6.07) is 9.82. The van der Waals surface area contributed by atoms with E-state index in [4.69, 9.17) is 9.47 Å². The van der Waals surface area contributed by atoms with Gasteiger partial charge in [-0.1, -0.05) is 18.2 Å². The van der Waals surface area contributed by atoms with E-state index in [-0.39, 0.29) is 10.5 Å². The van der Waals surface area contributed by atoms with Crippen LogP contribution in [0.25, 0.3) is 0 Å². The maximum atomic E-state index is 13.8. The second-order valence-corrected chi connectivity index (χ2v) is 7.24. The van der Waals surface area contributed by atoms with E-state index in [2.05, 4.69) is 4.72 Å². The first-order chi connectivity index (χ1) is 11.5. The van der Waals surface area contributed by atoms with Crippen LogP contribution in [0.3, 0.4) is 0 Å². The lowest BCUT2D eigenvalue weighted by atomic mass is 10.1. The highest BCUT2D eigenvalue weighted by Crippen LogP contribution is 2.32. The Morgan fingerprint density at radius 3 is 2.54 bits per heavy atom. The van der Waals surface area contributed by atoms with Gasteiger partial charge in [0.2, 0.25) is 10.0 Å². The molecule has 1 N–H and O–H groups in total. The number of ether oxygens (including phenoxy) is 2. The van der Waals surface area contributed by atoms with Crippen LogP contribution in [0.4, 0.5) is 4.39 Å². The van der Waals surface area contributed by atoms with Crippen LogP contribution in [0.2, 0.25) is 0 Å². The molecule has 0 saturated carbocycles. The van der Waals surface area contributed by atoms with Crippen LogP contribution in [-0.2, 0) is 10.0 Å². The van der Waals surface area contributed by atoms with Crippen LogP contribution in [-0.4, -0.2) is 21.6 Å². The molecule has 7 heteroatoms. The van der Waals surface area contributed by atoms with Gasteiger partial charge in [0.05, 0.1) is 18.1 Å². The van der Waals surface area contributed by atoms with Crippen molar-refractivity contribution in [3.8, 4) is 11.5 Å². The van der Waals surface area contributed by atoms with Crippen LogP contribution in [0.1, 0.15) is 24.9 Å². The molecule has 0 amide bonds. The van der Waals surface area contributed by atoms with E-state index in [1.54, 1.807) is 31.2 Å². The topological polar surface area (TPSA) is 64.6 Å². The van der Waals surface area contributed by atoms with Crippen molar-refractivity contribution < 1.29 is 22.3 Å². The zero-order chi connectivity index (χ0) is 17.2. The van der Waals surface area contributed by atoms with Gasteiger partial charge in [-0.3, -0.25) is 0 Å². The summed E-state index contributed by atoms with van der Waals surface area (Å²) in [6.45, 7) is 2.59. The molecule has 0 bridgehead atoms. The van der Waals surface area contributed by atoms with Crippen LogP contribution in [0.15, 0.2) is 47.4 Å². The second-order valence-electron chi connectivity index (χ2n) is 5.52. The lowest BCUT2D eigenvalue weighted by molar-refractivity contribution is 0.297. The molecule has 2 aromatic carbocycles. The predicted octanol–water partition coefficient (Wildman–Crippen LogP) is 3.03. The van der Waals surface area contributed by atoms with Crippen molar-refractivity contribution in [3.63, 3.8) is 0 Å².